The van der Waals surface area contributed by atoms with Crippen LogP contribution in [-0.2, 0) is 10.0 Å². The van der Waals surface area contributed by atoms with Gasteiger partial charge in [-0.3, -0.25) is 4.90 Å². The zero-order valence-corrected chi connectivity index (χ0v) is 10.3. The minimum Gasteiger partial charge on any atom is -0.298 e. The molecule has 1 heterocycles. The van der Waals surface area contributed by atoms with E-state index >= 15 is 0 Å². The molecule has 0 bridgehead atoms. The fraction of sp³-hybridized carbons (Fsp3) is 0.900. The molecule has 0 N–H and O–H groups in total. The molecular weight excluding hydrogens is 226 g/mol. The van der Waals surface area contributed by atoms with Crippen molar-refractivity contribution in [3.8, 4) is 6.07 Å². The highest BCUT2D eigenvalue weighted by Crippen LogP contribution is 2.28. The maximum atomic E-state index is 11.9. The van der Waals surface area contributed by atoms with Crippen LogP contribution < -0.4 is 0 Å². The number of sulfonamides is 1. The molecule has 0 aromatic carbocycles. The molecule has 1 saturated carbocycles. The van der Waals surface area contributed by atoms with E-state index in [-0.39, 0.29) is 0 Å². The molecule has 2 aliphatic rings. The number of rotatable bonds is 3. The third-order valence-corrected chi connectivity index (χ3v) is 5.41. The highest BCUT2D eigenvalue weighted by molar-refractivity contribution is 7.89. The molecule has 0 radical (unpaired) electrons. The second-order valence-electron chi connectivity index (χ2n) is 4.48. The van der Waals surface area contributed by atoms with Gasteiger partial charge in [0.05, 0.1) is 6.07 Å². The van der Waals surface area contributed by atoms with Gasteiger partial charge < -0.3 is 0 Å². The summed E-state index contributed by atoms with van der Waals surface area (Å²) in [4.78, 5) is 2.35. The van der Waals surface area contributed by atoms with Gasteiger partial charge in [0.15, 0.2) is 5.25 Å². The molecule has 1 atom stereocenters. The summed E-state index contributed by atoms with van der Waals surface area (Å²) in [7, 11) is -3.40. The largest absolute Gasteiger partial charge is 0.298 e. The fourth-order valence-corrected chi connectivity index (χ4v) is 3.31. The summed E-state index contributed by atoms with van der Waals surface area (Å²) in [6.07, 6.45) is 2.50. The molecule has 0 spiro atoms. The van der Waals surface area contributed by atoms with Gasteiger partial charge in [-0.15, -0.1) is 0 Å². The van der Waals surface area contributed by atoms with Crippen LogP contribution in [0.25, 0.3) is 0 Å². The molecule has 5 nitrogen and oxygen atoms in total. The Kier molecular flexibility index (Phi) is 3.19. The predicted octanol–water partition coefficient (Wildman–Crippen LogP) is 0.00828. The zero-order chi connectivity index (χ0) is 11.8. The van der Waals surface area contributed by atoms with Crippen LogP contribution in [0.5, 0.6) is 0 Å². The minimum absolute atomic E-state index is 0.533. The standard InChI is InChI=1S/C10H17N3O2S/c1-9(8-11)16(14,15)13-6-4-12(5-7-13)10-2-3-10/h9-10H,2-7H2,1H3. The molecule has 1 unspecified atom stereocenters. The lowest BCUT2D eigenvalue weighted by Crippen LogP contribution is -2.51. The van der Waals surface area contributed by atoms with Crippen molar-refractivity contribution in [2.45, 2.75) is 31.1 Å². The maximum absolute atomic E-state index is 11.9. The van der Waals surface area contributed by atoms with Gasteiger partial charge in [-0.1, -0.05) is 0 Å². The van der Waals surface area contributed by atoms with E-state index in [0.717, 1.165) is 13.1 Å². The van der Waals surface area contributed by atoms with Crippen LogP contribution in [0.3, 0.4) is 0 Å². The van der Waals surface area contributed by atoms with E-state index in [0.29, 0.717) is 19.1 Å². The molecule has 6 heteroatoms. The van der Waals surface area contributed by atoms with E-state index in [1.807, 2.05) is 0 Å². The van der Waals surface area contributed by atoms with Crippen molar-refractivity contribution in [3.63, 3.8) is 0 Å². The Morgan fingerprint density at radius 1 is 1.25 bits per heavy atom. The average Bonchev–Trinajstić information content (AvgIpc) is 3.12. The first-order valence-electron chi connectivity index (χ1n) is 5.68. The average molecular weight is 243 g/mol. The number of nitrogens with zero attached hydrogens (tertiary/aromatic N) is 3. The third kappa shape index (κ3) is 2.21. The summed E-state index contributed by atoms with van der Waals surface area (Å²) in [5.74, 6) is 0. The Bertz CT molecular complexity index is 389. The highest BCUT2D eigenvalue weighted by Gasteiger charge is 2.36. The van der Waals surface area contributed by atoms with E-state index in [4.69, 9.17) is 5.26 Å². The van der Waals surface area contributed by atoms with Crippen LogP contribution in [0.15, 0.2) is 0 Å². The fourth-order valence-electron chi connectivity index (χ4n) is 2.05. The maximum Gasteiger partial charge on any atom is 0.230 e. The van der Waals surface area contributed by atoms with Gasteiger partial charge in [-0.05, 0) is 19.8 Å². The van der Waals surface area contributed by atoms with Crippen LogP contribution in [0.1, 0.15) is 19.8 Å². The molecule has 1 aliphatic heterocycles. The number of hydrogen-bond donors (Lipinski definition) is 0. The van der Waals surface area contributed by atoms with Crippen LogP contribution in [0.4, 0.5) is 0 Å². The first kappa shape index (κ1) is 11.8. The second-order valence-corrected chi connectivity index (χ2v) is 6.74. The first-order valence-corrected chi connectivity index (χ1v) is 7.18. The summed E-state index contributed by atoms with van der Waals surface area (Å²) in [5.41, 5.74) is 0. The van der Waals surface area contributed by atoms with Gasteiger partial charge in [-0.2, -0.15) is 9.57 Å². The van der Waals surface area contributed by atoms with E-state index < -0.39 is 15.3 Å². The minimum atomic E-state index is -3.40. The molecule has 1 saturated heterocycles. The zero-order valence-electron chi connectivity index (χ0n) is 9.46. The Balaban J connectivity index is 1.95. The summed E-state index contributed by atoms with van der Waals surface area (Å²) in [6.45, 7) is 4.13. The van der Waals surface area contributed by atoms with Crippen molar-refractivity contribution in [1.82, 2.24) is 9.21 Å². The second kappa shape index (κ2) is 4.32. The Hall–Kier alpha value is -0.640. The van der Waals surface area contributed by atoms with Gasteiger partial charge in [0, 0.05) is 32.2 Å². The molecule has 0 amide bonds. The smallest absolute Gasteiger partial charge is 0.230 e. The predicted molar refractivity (Wildman–Crippen MR) is 60.2 cm³/mol. The van der Waals surface area contributed by atoms with Crippen LogP contribution in [-0.4, -0.2) is 55.1 Å². The van der Waals surface area contributed by atoms with Crippen molar-refractivity contribution < 1.29 is 8.42 Å². The topological polar surface area (TPSA) is 64.4 Å². The van der Waals surface area contributed by atoms with E-state index in [2.05, 4.69) is 4.90 Å². The third-order valence-electron chi connectivity index (χ3n) is 3.32. The molecule has 90 valence electrons. The first-order chi connectivity index (χ1) is 7.55. The quantitative estimate of drug-likeness (QED) is 0.700. The van der Waals surface area contributed by atoms with E-state index in [1.165, 1.54) is 24.1 Å². The summed E-state index contributed by atoms with van der Waals surface area (Å²) in [5, 5.41) is 7.75. The van der Waals surface area contributed by atoms with Crippen LogP contribution in [0, 0.1) is 11.3 Å². The molecule has 2 fully saturated rings. The van der Waals surface area contributed by atoms with Crippen LogP contribution >= 0.6 is 0 Å². The lowest BCUT2D eigenvalue weighted by molar-refractivity contribution is 0.180. The molecule has 0 aromatic rings. The Morgan fingerprint density at radius 3 is 2.25 bits per heavy atom. The van der Waals surface area contributed by atoms with Gasteiger partial charge in [0.2, 0.25) is 10.0 Å². The summed E-state index contributed by atoms with van der Waals surface area (Å²) in [6, 6.07) is 2.50. The van der Waals surface area contributed by atoms with Gasteiger partial charge in [0.25, 0.3) is 0 Å². The van der Waals surface area contributed by atoms with Crippen molar-refractivity contribution in [1.29, 1.82) is 5.26 Å². The van der Waals surface area contributed by atoms with Crippen molar-refractivity contribution in [2.24, 2.45) is 0 Å². The molecule has 2 rings (SSSR count). The van der Waals surface area contributed by atoms with Gasteiger partial charge >= 0.3 is 0 Å². The van der Waals surface area contributed by atoms with Crippen molar-refractivity contribution in [3.05, 3.63) is 0 Å². The molecule has 16 heavy (non-hydrogen) atoms. The van der Waals surface area contributed by atoms with E-state index in [9.17, 15) is 8.42 Å². The molecule has 0 aromatic heterocycles. The lowest BCUT2D eigenvalue weighted by Gasteiger charge is -2.34. The number of nitriles is 1. The molecular formula is C10H17N3O2S. The SMILES string of the molecule is CC(C#N)S(=O)(=O)N1CCN(C2CC2)CC1. The Morgan fingerprint density at radius 2 is 1.81 bits per heavy atom. The van der Waals surface area contributed by atoms with Gasteiger partial charge in [0.1, 0.15) is 0 Å². The van der Waals surface area contributed by atoms with Gasteiger partial charge in [-0.25, -0.2) is 8.42 Å². The summed E-state index contributed by atoms with van der Waals surface area (Å²) >= 11 is 0. The van der Waals surface area contributed by atoms with Crippen molar-refractivity contribution in [2.75, 3.05) is 26.2 Å². The highest BCUT2D eigenvalue weighted by atomic mass is 32.2. The normalized spacial score (nSPS) is 26.2. The summed E-state index contributed by atoms with van der Waals surface area (Å²) < 4.78 is 25.2. The number of piperazine rings is 1. The van der Waals surface area contributed by atoms with E-state index in [1.54, 1.807) is 6.07 Å². The Labute approximate surface area is 96.7 Å². The lowest BCUT2D eigenvalue weighted by atomic mass is 10.3. The van der Waals surface area contributed by atoms with Crippen molar-refractivity contribution >= 4 is 10.0 Å². The van der Waals surface area contributed by atoms with Crippen LogP contribution in [0.2, 0.25) is 0 Å². The monoisotopic (exact) mass is 243 g/mol. The number of hydrogen-bond acceptors (Lipinski definition) is 4. The molecule has 1 aliphatic carbocycles.